The number of carboxylic acid groups (broad SMARTS) is 1. The summed E-state index contributed by atoms with van der Waals surface area (Å²) >= 11 is 4.71. The number of nitrogens with zero attached hydrogens (tertiary/aromatic N) is 2. The van der Waals surface area contributed by atoms with Gasteiger partial charge in [-0.1, -0.05) is 0 Å². The van der Waals surface area contributed by atoms with E-state index in [9.17, 15) is 18.0 Å². The largest absolute Gasteiger partial charge is 0.465 e. The van der Waals surface area contributed by atoms with E-state index >= 15 is 0 Å². The fraction of sp³-hybridized carbons (Fsp3) is 0.308. The molecule has 0 aliphatic heterocycles. The highest BCUT2D eigenvalue weighted by atomic mass is 32.1. The average Bonchev–Trinajstić information content (AvgIpc) is 2.79. The van der Waals surface area contributed by atoms with E-state index in [0.29, 0.717) is 18.5 Å². The summed E-state index contributed by atoms with van der Waals surface area (Å²) in [6.45, 7) is 0.497. The maximum atomic E-state index is 12.9. The van der Waals surface area contributed by atoms with Crippen molar-refractivity contribution in [2.24, 2.45) is 5.73 Å². The normalized spacial score (nSPS) is 11.5. The van der Waals surface area contributed by atoms with Crippen LogP contribution in [0.2, 0.25) is 0 Å². The van der Waals surface area contributed by atoms with Gasteiger partial charge in [0.05, 0.1) is 11.1 Å². The number of halogens is 3. The third kappa shape index (κ3) is 4.25. The molecule has 11 heteroatoms. The van der Waals surface area contributed by atoms with Crippen LogP contribution in [-0.4, -0.2) is 32.6 Å². The van der Waals surface area contributed by atoms with Crippen LogP contribution in [0, 0.1) is 0 Å². The van der Waals surface area contributed by atoms with E-state index in [4.69, 9.17) is 23.1 Å². The van der Waals surface area contributed by atoms with Crippen molar-refractivity contribution in [1.29, 1.82) is 0 Å². The molecule has 0 bridgehead atoms. The molecule has 2 rings (SSSR count). The van der Waals surface area contributed by atoms with Gasteiger partial charge >= 0.3 is 12.3 Å². The number of hydrogen-bond donors (Lipinski definition) is 4. The van der Waals surface area contributed by atoms with Crippen molar-refractivity contribution in [3.05, 3.63) is 23.8 Å². The molecule has 130 valence electrons. The lowest BCUT2D eigenvalue weighted by molar-refractivity contribution is -0.137. The lowest BCUT2D eigenvalue weighted by atomic mass is 10.1. The Bertz CT molecular complexity index is 775. The lowest BCUT2D eigenvalue weighted by Gasteiger charge is -2.07. The highest BCUT2D eigenvalue weighted by Crippen LogP contribution is 2.33. The van der Waals surface area contributed by atoms with E-state index in [1.807, 2.05) is 0 Å². The zero-order valence-corrected chi connectivity index (χ0v) is 13.0. The Balaban J connectivity index is 2.34. The predicted molar refractivity (Wildman–Crippen MR) is 85.8 cm³/mol. The summed E-state index contributed by atoms with van der Waals surface area (Å²) in [4.78, 5) is 10.4. The van der Waals surface area contributed by atoms with Gasteiger partial charge in [-0.3, -0.25) is 4.68 Å². The highest BCUT2D eigenvalue weighted by Gasteiger charge is 2.31. The summed E-state index contributed by atoms with van der Waals surface area (Å²) in [6.07, 6.45) is -5.22. The van der Waals surface area contributed by atoms with Crippen LogP contribution in [0.25, 0.3) is 10.9 Å². The number of benzene rings is 1. The second kappa shape index (κ2) is 6.91. The van der Waals surface area contributed by atoms with Crippen molar-refractivity contribution in [3.8, 4) is 0 Å². The van der Waals surface area contributed by atoms with Gasteiger partial charge in [0.15, 0.2) is 10.9 Å². The van der Waals surface area contributed by atoms with Gasteiger partial charge in [-0.05, 0) is 36.8 Å². The molecule has 0 saturated carbocycles. The van der Waals surface area contributed by atoms with E-state index < -0.39 is 17.8 Å². The number of aryl methyl sites for hydroxylation is 1. The zero-order chi connectivity index (χ0) is 17.9. The van der Waals surface area contributed by atoms with Crippen LogP contribution in [-0.2, 0) is 12.7 Å². The first-order valence-electron chi connectivity index (χ1n) is 6.79. The van der Waals surface area contributed by atoms with E-state index in [-0.39, 0.29) is 22.9 Å². The fourth-order valence-electron chi connectivity index (χ4n) is 2.16. The first kappa shape index (κ1) is 17.8. The Kier molecular flexibility index (Phi) is 5.12. The third-order valence-corrected chi connectivity index (χ3v) is 3.24. The lowest BCUT2D eigenvalue weighted by Crippen LogP contribution is -2.23. The van der Waals surface area contributed by atoms with Crippen molar-refractivity contribution < 1.29 is 23.1 Å². The van der Waals surface area contributed by atoms with Crippen molar-refractivity contribution in [3.63, 3.8) is 0 Å². The number of nitrogens with two attached hydrogens (primary N) is 1. The summed E-state index contributed by atoms with van der Waals surface area (Å²) in [7, 11) is 0. The van der Waals surface area contributed by atoms with Crippen LogP contribution in [0.5, 0.6) is 0 Å². The molecule has 0 saturated heterocycles. The van der Waals surface area contributed by atoms with Crippen LogP contribution in [0.15, 0.2) is 18.2 Å². The van der Waals surface area contributed by atoms with Gasteiger partial charge in [0.1, 0.15) is 0 Å². The minimum absolute atomic E-state index is 0.119. The molecule has 0 aliphatic carbocycles. The molecule has 2 aromatic rings. The summed E-state index contributed by atoms with van der Waals surface area (Å²) in [5.74, 6) is 0.120. The molecule has 0 aliphatic rings. The van der Waals surface area contributed by atoms with Gasteiger partial charge in [0, 0.05) is 18.5 Å². The second-order valence-corrected chi connectivity index (χ2v) is 5.32. The van der Waals surface area contributed by atoms with Crippen molar-refractivity contribution >= 4 is 40.1 Å². The Morgan fingerprint density at radius 1 is 1.42 bits per heavy atom. The quantitative estimate of drug-likeness (QED) is 0.481. The predicted octanol–water partition coefficient (Wildman–Crippen LogP) is 2.37. The second-order valence-electron chi connectivity index (χ2n) is 4.88. The molecule has 1 aromatic carbocycles. The Morgan fingerprint density at radius 2 is 2.12 bits per heavy atom. The molecular formula is C13H14F3N5O2S. The Morgan fingerprint density at radius 3 is 2.71 bits per heavy atom. The van der Waals surface area contributed by atoms with Gasteiger partial charge in [-0.25, -0.2) is 4.79 Å². The number of nitrogens with one attached hydrogen (secondary N) is 2. The van der Waals surface area contributed by atoms with Gasteiger partial charge in [0.2, 0.25) is 0 Å². The van der Waals surface area contributed by atoms with E-state index in [0.717, 1.165) is 12.1 Å². The Labute approximate surface area is 139 Å². The number of hydrogen-bond acceptors (Lipinski definition) is 3. The van der Waals surface area contributed by atoms with Gasteiger partial charge < -0.3 is 21.5 Å². The maximum Gasteiger partial charge on any atom is 0.416 e. The molecule has 1 aromatic heterocycles. The molecular weight excluding hydrogens is 347 g/mol. The monoisotopic (exact) mass is 361 g/mol. The highest BCUT2D eigenvalue weighted by molar-refractivity contribution is 7.80. The molecule has 5 N–H and O–H groups in total. The zero-order valence-electron chi connectivity index (χ0n) is 12.2. The number of amides is 1. The molecule has 1 amide bonds. The van der Waals surface area contributed by atoms with Crippen molar-refractivity contribution in [2.75, 3.05) is 11.9 Å². The van der Waals surface area contributed by atoms with E-state index in [1.165, 1.54) is 10.7 Å². The van der Waals surface area contributed by atoms with E-state index in [2.05, 4.69) is 15.7 Å². The van der Waals surface area contributed by atoms with Crippen LogP contribution in [0.1, 0.15) is 12.0 Å². The molecule has 7 nitrogen and oxygen atoms in total. The molecule has 0 fully saturated rings. The maximum absolute atomic E-state index is 12.9. The molecule has 0 radical (unpaired) electrons. The van der Waals surface area contributed by atoms with Gasteiger partial charge in [-0.15, -0.1) is 0 Å². The first-order valence-corrected chi connectivity index (χ1v) is 7.20. The van der Waals surface area contributed by atoms with Gasteiger partial charge in [-0.2, -0.15) is 18.3 Å². The third-order valence-electron chi connectivity index (χ3n) is 3.14. The van der Waals surface area contributed by atoms with Crippen LogP contribution in [0.4, 0.5) is 23.8 Å². The number of aromatic nitrogens is 2. The summed E-state index contributed by atoms with van der Waals surface area (Å²) in [5, 5.41) is 17.5. The van der Waals surface area contributed by atoms with E-state index in [1.54, 1.807) is 0 Å². The fourth-order valence-corrected chi connectivity index (χ4v) is 2.26. The minimum atomic E-state index is -4.48. The average molecular weight is 361 g/mol. The van der Waals surface area contributed by atoms with Crippen LogP contribution < -0.4 is 16.4 Å². The molecule has 1 heterocycles. The van der Waals surface area contributed by atoms with Crippen molar-refractivity contribution in [1.82, 2.24) is 15.1 Å². The molecule has 0 spiro atoms. The van der Waals surface area contributed by atoms with Crippen LogP contribution >= 0.6 is 12.2 Å². The summed E-state index contributed by atoms with van der Waals surface area (Å²) in [5.41, 5.74) is 5.02. The van der Waals surface area contributed by atoms with Gasteiger partial charge in [0.25, 0.3) is 0 Å². The molecule has 0 unspecified atom stereocenters. The molecule has 0 atom stereocenters. The summed E-state index contributed by atoms with van der Waals surface area (Å²) < 4.78 is 40.1. The summed E-state index contributed by atoms with van der Waals surface area (Å²) in [6, 6.07) is 3.23. The topological polar surface area (TPSA) is 105 Å². The number of carbonyl (C=O) groups is 1. The molecule has 24 heavy (non-hydrogen) atoms. The number of alkyl halides is 3. The van der Waals surface area contributed by atoms with Crippen LogP contribution in [0.3, 0.4) is 0 Å². The smallest absolute Gasteiger partial charge is 0.416 e. The Hall–Kier alpha value is -2.56. The number of thiocarbonyl (C=S) groups is 1. The number of anilines is 1. The minimum Gasteiger partial charge on any atom is -0.465 e. The van der Waals surface area contributed by atoms with Crippen molar-refractivity contribution in [2.45, 2.75) is 19.1 Å². The number of rotatable bonds is 5. The first-order chi connectivity index (χ1) is 11.2. The number of fused-ring (bicyclic) bond motifs is 1. The standard InChI is InChI=1S/C13H14F3N5O2S/c14-13(15,16)7-2-3-9-8(6-7)10(19-11(17)24)20-21(9)5-1-4-18-12(22)23/h2-3,6,18H,1,4-5H2,(H,22,23)(H3,17,19,20,24). The SMILES string of the molecule is NC(=S)Nc1nn(CCCNC(=O)O)c2ccc(C(F)(F)F)cc12.